The summed E-state index contributed by atoms with van der Waals surface area (Å²) in [6.45, 7) is -0.494. The van der Waals surface area contributed by atoms with Gasteiger partial charge in [0.2, 0.25) is 6.29 Å². The highest BCUT2D eigenvalue weighted by Gasteiger charge is 2.44. The van der Waals surface area contributed by atoms with E-state index in [1.807, 2.05) is 0 Å². The highest BCUT2D eigenvalue weighted by atomic mass is 16.7. The summed E-state index contributed by atoms with van der Waals surface area (Å²) in [4.78, 5) is 0. The van der Waals surface area contributed by atoms with E-state index in [1.54, 1.807) is 24.3 Å². The van der Waals surface area contributed by atoms with Crippen LogP contribution >= 0.6 is 0 Å². The fourth-order valence-electron chi connectivity index (χ4n) is 1.85. The predicted molar refractivity (Wildman–Crippen MR) is 65.2 cm³/mol. The van der Waals surface area contributed by atoms with Gasteiger partial charge < -0.3 is 35.6 Å². The molecule has 2 rings (SSSR count). The third kappa shape index (κ3) is 2.96. The van der Waals surface area contributed by atoms with Gasteiger partial charge in [-0.2, -0.15) is 0 Å². The first-order valence-corrected chi connectivity index (χ1v) is 5.85. The molecule has 1 fully saturated rings. The van der Waals surface area contributed by atoms with Crippen LogP contribution < -0.4 is 10.5 Å². The maximum atomic E-state index is 9.77. The smallest absolute Gasteiger partial charge is 0.229 e. The first-order valence-electron chi connectivity index (χ1n) is 5.85. The standard InChI is InChI=1S/C12H17NO6/c13-6-1-3-7(4-2-6)18-12-11(17)10(16)9(15)8(5-14)19-12/h1-4,8-12,14-17H,5,13H2/t8?,9-,10+,11?,12+/m1/s1. The van der Waals surface area contributed by atoms with E-state index in [-0.39, 0.29) is 0 Å². The fourth-order valence-corrected chi connectivity index (χ4v) is 1.85. The van der Waals surface area contributed by atoms with E-state index < -0.39 is 37.3 Å². The van der Waals surface area contributed by atoms with Crippen molar-refractivity contribution in [2.24, 2.45) is 0 Å². The number of benzene rings is 1. The number of ether oxygens (including phenoxy) is 2. The van der Waals surface area contributed by atoms with Crippen LogP contribution in [-0.2, 0) is 4.74 Å². The number of hydrogen-bond acceptors (Lipinski definition) is 7. The summed E-state index contributed by atoms with van der Waals surface area (Å²) >= 11 is 0. The van der Waals surface area contributed by atoms with Crippen LogP contribution in [0.25, 0.3) is 0 Å². The average molecular weight is 271 g/mol. The predicted octanol–water partition coefficient (Wildman–Crippen LogP) is -1.55. The van der Waals surface area contributed by atoms with Gasteiger partial charge in [-0.05, 0) is 24.3 Å². The van der Waals surface area contributed by atoms with E-state index in [9.17, 15) is 15.3 Å². The van der Waals surface area contributed by atoms with Gasteiger partial charge in [-0.1, -0.05) is 0 Å². The largest absolute Gasteiger partial charge is 0.462 e. The number of aliphatic hydroxyl groups is 4. The quantitative estimate of drug-likeness (QED) is 0.421. The molecule has 1 heterocycles. The number of aliphatic hydroxyl groups excluding tert-OH is 4. The van der Waals surface area contributed by atoms with Gasteiger partial charge in [0.05, 0.1) is 6.61 Å². The van der Waals surface area contributed by atoms with Crippen molar-refractivity contribution >= 4 is 5.69 Å². The van der Waals surface area contributed by atoms with E-state index in [2.05, 4.69) is 0 Å². The lowest BCUT2D eigenvalue weighted by molar-refractivity contribution is -0.277. The summed E-state index contributed by atoms with van der Waals surface area (Å²) < 4.78 is 10.6. The third-order valence-corrected chi connectivity index (χ3v) is 2.98. The number of rotatable bonds is 3. The number of nitrogens with two attached hydrogens (primary N) is 1. The Morgan fingerprint density at radius 3 is 2.26 bits per heavy atom. The maximum absolute atomic E-state index is 9.77. The van der Waals surface area contributed by atoms with E-state index in [4.69, 9.17) is 20.3 Å². The molecule has 7 nitrogen and oxygen atoms in total. The van der Waals surface area contributed by atoms with E-state index >= 15 is 0 Å². The molecule has 0 spiro atoms. The second-order valence-corrected chi connectivity index (χ2v) is 4.38. The molecule has 0 saturated carbocycles. The van der Waals surface area contributed by atoms with Gasteiger partial charge in [0.15, 0.2) is 0 Å². The number of anilines is 1. The molecular weight excluding hydrogens is 254 g/mol. The molecular formula is C12H17NO6. The van der Waals surface area contributed by atoms with Gasteiger partial charge in [0.1, 0.15) is 30.2 Å². The van der Waals surface area contributed by atoms with Crippen molar-refractivity contribution in [1.29, 1.82) is 0 Å². The van der Waals surface area contributed by atoms with Gasteiger partial charge in [-0.15, -0.1) is 0 Å². The summed E-state index contributed by atoms with van der Waals surface area (Å²) in [6, 6.07) is 6.38. The first-order chi connectivity index (χ1) is 9.02. The molecule has 7 heteroatoms. The van der Waals surface area contributed by atoms with Crippen molar-refractivity contribution < 1.29 is 29.9 Å². The third-order valence-electron chi connectivity index (χ3n) is 2.98. The van der Waals surface area contributed by atoms with Crippen LogP contribution in [0.3, 0.4) is 0 Å². The zero-order chi connectivity index (χ0) is 14.0. The van der Waals surface area contributed by atoms with Crippen LogP contribution in [-0.4, -0.2) is 57.7 Å². The van der Waals surface area contributed by atoms with Crippen LogP contribution in [0.15, 0.2) is 24.3 Å². The topological polar surface area (TPSA) is 125 Å². The van der Waals surface area contributed by atoms with Crippen molar-refractivity contribution in [3.8, 4) is 5.75 Å². The van der Waals surface area contributed by atoms with Crippen molar-refractivity contribution in [3.63, 3.8) is 0 Å². The monoisotopic (exact) mass is 271 g/mol. The summed E-state index contributed by atoms with van der Waals surface area (Å²) in [7, 11) is 0. The van der Waals surface area contributed by atoms with Crippen molar-refractivity contribution in [2.45, 2.75) is 30.7 Å². The molecule has 1 aliphatic rings. The normalized spacial score (nSPS) is 35.1. The molecule has 0 radical (unpaired) electrons. The van der Waals surface area contributed by atoms with Crippen molar-refractivity contribution in [3.05, 3.63) is 24.3 Å². The van der Waals surface area contributed by atoms with E-state index in [0.29, 0.717) is 11.4 Å². The minimum absolute atomic E-state index is 0.388. The zero-order valence-corrected chi connectivity index (χ0v) is 10.1. The highest BCUT2D eigenvalue weighted by Crippen LogP contribution is 2.24. The SMILES string of the molecule is Nc1ccc(O[C@H]2OC(CO)[C@@H](O)[C@H](O)C2O)cc1. The Morgan fingerprint density at radius 1 is 1.05 bits per heavy atom. The van der Waals surface area contributed by atoms with Gasteiger partial charge in [0, 0.05) is 5.69 Å². The molecule has 0 aromatic heterocycles. The Morgan fingerprint density at radius 2 is 1.68 bits per heavy atom. The highest BCUT2D eigenvalue weighted by molar-refractivity contribution is 5.41. The Labute approximate surface area is 109 Å². The van der Waals surface area contributed by atoms with Crippen LogP contribution in [0, 0.1) is 0 Å². The fraction of sp³-hybridized carbons (Fsp3) is 0.500. The van der Waals surface area contributed by atoms with Crippen molar-refractivity contribution in [1.82, 2.24) is 0 Å². The molecule has 1 saturated heterocycles. The number of hydrogen-bond donors (Lipinski definition) is 5. The summed E-state index contributed by atoms with van der Waals surface area (Å²) in [5, 5.41) is 38.0. The van der Waals surface area contributed by atoms with Crippen LogP contribution in [0.5, 0.6) is 5.75 Å². The molecule has 1 aromatic carbocycles. The molecule has 0 bridgehead atoms. The Bertz CT molecular complexity index is 409. The molecule has 0 aliphatic carbocycles. The lowest BCUT2D eigenvalue weighted by Gasteiger charge is -2.39. The average Bonchev–Trinajstić information content (AvgIpc) is 2.42. The Hall–Kier alpha value is -1.38. The Kier molecular flexibility index (Phi) is 4.23. The van der Waals surface area contributed by atoms with E-state index in [0.717, 1.165) is 0 Å². The molecule has 1 aliphatic heterocycles. The molecule has 0 amide bonds. The molecule has 5 atom stereocenters. The minimum Gasteiger partial charge on any atom is -0.462 e. The molecule has 6 N–H and O–H groups in total. The molecule has 1 aromatic rings. The van der Waals surface area contributed by atoms with Crippen LogP contribution in [0.4, 0.5) is 5.69 Å². The van der Waals surface area contributed by atoms with Gasteiger partial charge in [-0.25, -0.2) is 0 Å². The molecule has 106 valence electrons. The van der Waals surface area contributed by atoms with Crippen LogP contribution in [0.2, 0.25) is 0 Å². The second kappa shape index (κ2) is 5.72. The van der Waals surface area contributed by atoms with Crippen LogP contribution in [0.1, 0.15) is 0 Å². The summed E-state index contributed by atoms with van der Waals surface area (Å²) in [5.41, 5.74) is 6.09. The Balaban J connectivity index is 2.08. The lowest BCUT2D eigenvalue weighted by atomic mass is 9.99. The minimum atomic E-state index is -1.45. The second-order valence-electron chi connectivity index (χ2n) is 4.38. The van der Waals surface area contributed by atoms with Gasteiger partial charge in [0.25, 0.3) is 0 Å². The molecule has 2 unspecified atom stereocenters. The summed E-state index contributed by atoms with van der Waals surface area (Å²) in [5.74, 6) is 0.388. The van der Waals surface area contributed by atoms with Gasteiger partial charge >= 0.3 is 0 Å². The molecule has 19 heavy (non-hydrogen) atoms. The lowest BCUT2D eigenvalue weighted by Crippen LogP contribution is -2.60. The van der Waals surface area contributed by atoms with Gasteiger partial charge in [-0.3, -0.25) is 0 Å². The zero-order valence-electron chi connectivity index (χ0n) is 10.1. The summed E-state index contributed by atoms with van der Waals surface area (Å²) in [6.07, 6.45) is -6.44. The van der Waals surface area contributed by atoms with Crippen molar-refractivity contribution in [2.75, 3.05) is 12.3 Å². The number of nitrogen functional groups attached to an aromatic ring is 1. The van der Waals surface area contributed by atoms with E-state index in [1.165, 1.54) is 0 Å². The first kappa shape index (κ1) is 14.0. The maximum Gasteiger partial charge on any atom is 0.229 e.